The van der Waals surface area contributed by atoms with E-state index in [0.717, 1.165) is 53.1 Å². The van der Waals surface area contributed by atoms with E-state index in [0.29, 0.717) is 0 Å². The Kier molecular flexibility index (Phi) is 17.1. The first kappa shape index (κ1) is 43.2. The van der Waals surface area contributed by atoms with Gasteiger partial charge in [0.2, 0.25) is 0 Å². The lowest BCUT2D eigenvalue weighted by molar-refractivity contribution is 0.249. The molecule has 0 radical (unpaired) electrons. The first-order chi connectivity index (χ1) is 27.2. The Morgan fingerprint density at radius 3 is 1.14 bits per heavy atom. The fourth-order valence-electron chi connectivity index (χ4n) is 9.27. The zero-order valence-corrected chi connectivity index (χ0v) is 35.8. The van der Waals surface area contributed by atoms with E-state index < -0.39 is 0 Å². The number of nitrogens with two attached hydrogens (primary N) is 2. The van der Waals surface area contributed by atoms with Crippen molar-refractivity contribution in [3.05, 3.63) is 106 Å². The molecule has 0 heterocycles. The van der Waals surface area contributed by atoms with E-state index in [9.17, 15) is 0 Å². The number of aryl methyl sites for hydroxylation is 4. The van der Waals surface area contributed by atoms with Crippen LogP contribution in [0, 0.1) is 33.6 Å². The predicted molar refractivity (Wildman–Crippen MR) is 241 cm³/mol. The number of hydrogen-bond donors (Lipinski definition) is 2. The molecule has 0 bridgehead atoms. The van der Waals surface area contributed by atoms with Crippen LogP contribution in [0.15, 0.2) is 72.8 Å². The molecule has 1 aliphatic carbocycles. The quantitative estimate of drug-likeness (QED) is 0.0584. The van der Waals surface area contributed by atoms with Crippen LogP contribution in [0.25, 0.3) is 0 Å². The van der Waals surface area contributed by atoms with Gasteiger partial charge in [0.25, 0.3) is 0 Å². The van der Waals surface area contributed by atoms with Gasteiger partial charge in [-0.25, -0.2) is 0 Å². The second kappa shape index (κ2) is 22.1. The summed E-state index contributed by atoms with van der Waals surface area (Å²) in [4.78, 5) is 0. The topological polar surface area (TPSA) is 70.5 Å². The van der Waals surface area contributed by atoms with E-state index in [1.807, 2.05) is 48.5 Å². The predicted octanol–water partition coefficient (Wildman–Crippen LogP) is 15.8. The smallest absolute Gasteiger partial charge is 0.133 e. The van der Waals surface area contributed by atoms with Gasteiger partial charge in [-0.3, -0.25) is 0 Å². The molecule has 0 atom stereocenters. The number of unbranched alkanes of at least 4 members (excludes halogenated alkanes) is 15. The van der Waals surface area contributed by atoms with Crippen molar-refractivity contribution < 1.29 is 9.47 Å². The van der Waals surface area contributed by atoms with Gasteiger partial charge in [-0.15, -0.1) is 0 Å². The summed E-state index contributed by atoms with van der Waals surface area (Å²) in [5.74, 6) is 4.30. The van der Waals surface area contributed by atoms with Crippen molar-refractivity contribution in [2.75, 3.05) is 11.5 Å². The van der Waals surface area contributed by atoms with E-state index >= 15 is 0 Å². The number of anilines is 2. The van der Waals surface area contributed by atoms with Crippen LogP contribution in [0.4, 0.5) is 11.4 Å². The largest absolute Gasteiger partial charge is 0.457 e. The van der Waals surface area contributed by atoms with Crippen molar-refractivity contribution in [3.8, 4) is 23.0 Å². The van der Waals surface area contributed by atoms with Crippen molar-refractivity contribution in [1.82, 2.24) is 0 Å². The fraction of sp³-hybridized carbons (Fsp3) is 0.538. The maximum atomic E-state index is 6.45. The standard InChI is InChI=1S/C52H74N2O2/c1-6-7-8-9-10-11-12-13-14-15-16-17-18-19-20-21-22-43-31-33-52(34-32-43,44-35-39(2)50(40(3)36-44)55-48-27-23-46(53)24-28-48)45-37-41(4)51(42(5)38-45)56-49-29-25-47(54)26-30-49/h23-30,35-38,43H,6-22,31-34,53-54H2,1-5H3. The van der Waals surface area contributed by atoms with Gasteiger partial charge in [-0.2, -0.15) is 0 Å². The maximum absolute atomic E-state index is 6.45. The van der Waals surface area contributed by atoms with Gasteiger partial charge in [0.1, 0.15) is 23.0 Å². The summed E-state index contributed by atoms with van der Waals surface area (Å²) >= 11 is 0. The van der Waals surface area contributed by atoms with Crippen LogP contribution in [0.3, 0.4) is 0 Å². The van der Waals surface area contributed by atoms with Crippen LogP contribution in [-0.4, -0.2) is 0 Å². The third-order valence-electron chi connectivity index (χ3n) is 12.7. The molecule has 0 amide bonds. The summed E-state index contributed by atoms with van der Waals surface area (Å²) < 4.78 is 12.9. The number of rotatable bonds is 23. The lowest BCUT2D eigenvalue weighted by atomic mass is 9.62. The Bertz CT molecular complexity index is 1600. The Balaban J connectivity index is 1.18. The molecule has 56 heavy (non-hydrogen) atoms. The molecule has 0 aliphatic heterocycles. The van der Waals surface area contributed by atoms with Gasteiger partial charge in [-0.1, -0.05) is 140 Å². The fourth-order valence-corrected chi connectivity index (χ4v) is 9.27. The molecular weight excluding hydrogens is 685 g/mol. The van der Waals surface area contributed by atoms with E-state index in [4.69, 9.17) is 20.9 Å². The van der Waals surface area contributed by atoms with Gasteiger partial charge in [0.05, 0.1) is 0 Å². The minimum Gasteiger partial charge on any atom is -0.457 e. The average molecular weight is 759 g/mol. The molecule has 1 fully saturated rings. The summed E-state index contributed by atoms with van der Waals surface area (Å²) in [7, 11) is 0. The molecular formula is C52H74N2O2. The van der Waals surface area contributed by atoms with E-state index in [2.05, 4.69) is 58.9 Å². The van der Waals surface area contributed by atoms with Crippen molar-refractivity contribution >= 4 is 11.4 Å². The zero-order valence-electron chi connectivity index (χ0n) is 35.8. The summed E-state index contributed by atoms with van der Waals surface area (Å²) in [6, 6.07) is 25.0. The highest BCUT2D eigenvalue weighted by molar-refractivity contribution is 5.55. The summed E-state index contributed by atoms with van der Waals surface area (Å²) in [6.07, 6.45) is 29.0. The Hall–Kier alpha value is -3.92. The highest BCUT2D eigenvalue weighted by Crippen LogP contribution is 2.50. The average Bonchev–Trinajstić information content (AvgIpc) is 3.19. The normalized spacial score (nSPS) is 14.2. The van der Waals surface area contributed by atoms with Crippen LogP contribution in [0.1, 0.15) is 175 Å². The highest BCUT2D eigenvalue weighted by atomic mass is 16.5. The third kappa shape index (κ3) is 12.5. The molecule has 0 unspecified atom stereocenters. The van der Waals surface area contributed by atoms with Crippen LogP contribution in [0.5, 0.6) is 23.0 Å². The number of benzene rings is 4. The SMILES string of the molecule is CCCCCCCCCCCCCCCCCCC1CCC(c2cc(C)c(Oc3ccc(N)cc3)c(C)c2)(c2cc(C)c(Oc3ccc(N)cc3)c(C)c2)CC1. The Morgan fingerprint density at radius 1 is 0.482 bits per heavy atom. The second-order valence-electron chi connectivity index (χ2n) is 17.3. The van der Waals surface area contributed by atoms with Crippen molar-refractivity contribution in [2.45, 2.75) is 175 Å². The van der Waals surface area contributed by atoms with E-state index in [-0.39, 0.29) is 5.41 Å². The second-order valence-corrected chi connectivity index (χ2v) is 17.3. The van der Waals surface area contributed by atoms with Gasteiger partial charge < -0.3 is 20.9 Å². The molecule has 4 nitrogen and oxygen atoms in total. The third-order valence-corrected chi connectivity index (χ3v) is 12.7. The molecule has 304 valence electrons. The summed E-state index contributed by atoms with van der Waals surface area (Å²) in [5, 5.41) is 0. The summed E-state index contributed by atoms with van der Waals surface area (Å²) in [5.41, 5.74) is 20.8. The molecule has 4 heteroatoms. The summed E-state index contributed by atoms with van der Waals surface area (Å²) in [6.45, 7) is 11.1. The number of ether oxygens (including phenoxy) is 2. The lowest BCUT2D eigenvalue weighted by Crippen LogP contribution is -2.33. The van der Waals surface area contributed by atoms with Gasteiger partial charge >= 0.3 is 0 Å². The van der Waals surface area contributed by atoms with Crippen LogP contribution < -0.4 is 20.9 Å². The number of hydrogen-bond acceptors (Lipinski definition) is 4. The molecule has 4 N–H and O–H groups in total. The van der Waals surface area contributed by atoms with Crippen LogP contribution >= 0.6 is 0 Å². The van der Waals surface area contributed by atoms with Crippen LogP contribution in [0.2, 0.25) is 0 Å². The zero-order chi connectivity index (χ0) is 39.8. The molecule has 1 saturated carbocycles. The first-order valence-corrected chi connectivity index (χ1v) is 22.5. The Labute approximate surface area is 341 Å². The van der Waals surface area contributed by atoms with Gasteiger partial charge in [-0.05, 0) is 141 Å². The van der Waals surface area contributed by atoms with Crippen molar-refractivity contribution in [1.29, 1.82) is 0 Å². The Morgan fingerprint density at radius 2 is 0.804 bits per heavy atom. The highest BCUT2D eigenvalue weighted by Gasteiger charge is 2.39. The molecule has 0 aromatic heterocycles. The number of nitrogen functional groups attached to an aromatic ring is 2. The van der Waals surface area contributed by atoms with E-state index in [1.54, 1.807) is 0 Å². The van der Waals surface area contributed by atoms with Crippen molar-refractivity contribution in [2.24, 2.45) is 5.92 Å². The van der Waals surface area contributed by atoms with Gasteiger partial charge in [0, 0.05) is 16.8 Å². The molecule has 0 spiro atoms. The molecule has 4 aromatic rings. The first-order valence-electron chi connectivity index (χ1n) is 22.5. The minimum atomic E-state index is -0.0599. The van der Waals surface area contributed by atoms with Crippen molar-refractivity contribution in [3.63, 3.8) is 0 Å². The molecule has 1 aliphatic rings. The van der Waals surface area contributed by atoms with Crippen LogP contribution in [-0.2, 0) is 5.41 Å². The van der Waals surface area contributed by atoms with Gasteiger partial charge in [0.15, 0.2) is 0 Å². The monoisotopic (exact) mass is 759 g/mol. The lowest BCUT2D eigenvalue weighted by Gasteiger charge is -2.42. The molecule has 0 saturated heterocycles. The molecule has 5 rings (SSSR count). The maximum Gasteiger partial charge on any atom is 0.133 e. The minimum absolute atomic E-state index is 0.0599. The molecule has 4 aromatic carbocycles. The van der Waals surface area contributed by atoms with E-state index in [1.165, 1.54) is 155 Å².